The molecule has 1 saturated heterocycles. The van der Waals surface area contributed by atoms with Crippen LogP contribution in [0.4, 0.5) is 16.2 Å². The molecule has 6 heteroatoms. The summed E-state index contributed by atoms with van der Waals surface area (Å²) in [5.74, 6) is -1.27. The molecule has 4 amide bonds. The highest BCUT2D eigenvalue weighted by Crippen LogP contribution is 2.29. The number of amides is 4. The van der Waals surface area contributed by atoms with Gasteiger partial charge in [-0.1, -0.05) is 36.4 Å². The Morgan fingerprint density at radius 1 is 0.774 bits per heavy atom. The second-order valence-corrected chi connectivity index (χ2v) is 7.71. The molecule has 31 heavy (non-hydrogen) atoms. The van der Waals surface area contributed by atoms with E-state index in [4.69, 9.17) is 0 Å². The third kappa shape index (κ3) is 3.68. The molecule has 1 fully saturated rings. The fourth-order valence-electron chi connectivity index (χ4n) is 3.76. The summed E-state index contributed by atoms with van der Waals surface area (Å²) in [4.78, 5) is 42.0. The highest BCUT2D eigenvalue weighted by Gasteiger charge is 2.43. The zero-order chi connectivity index (χ0) is 22.1. The Labute approximate surface area is 181 Å². The van der Waals surface area contributed by atoms with Gasteiger partial charge in [-0.15, -0.1) is 0 Å². The number of barbiturate groups is 1. The van der Waals surface area contributed by atoms with Crippen LogP contribution in [0, 0.1) is 6.92 Å². The van der Waals surface area contributed by atoms with E-state index in [1.54, 1.807) is 66.7 Å². The maximum atomic E-state index is 13.3. The van der Waals surface area contributed by atoms with Gasteiger partial charge in [0.25, 0.3) is 11.8 Å². The molecule has 2 aromatic carbocycles. The lowest BCUT2D eigenvalue weighted by Crippen LogP contribution is -2.57. The second-order valence-electron chi connectivity index (χ2n) is 7.71. The van der Waals surface area contributed by atoms with Gasteiger partial charge in [0.1, 0.15) is 5.57 Å². The second kappa shape index (κ2) is 8.07. The molecule has 0 N–H and O–H groups in total. The molecular weight excluding hydrogens is 390 g/mol. The molecule has 6 nitrogen and oxygen atoms in total. The monoisotopic (exact) mass is 413 g/mol. The average Bonchev–Trinajstić information content (AvgIpc) is 3.13. The third-order valence-electron chi connectivity index (χ3n) is 5.22. The SMILES string of the molecule is Cc1cc(C=C2C(=O)N(c3ccccc3)C(=O)N(c3ccccc3)C2=O)cn1C(C)C. The standard InChI is InChI=1S/C25H23N3O3/c1-17(2)26-16-19(14-18(26)3)15-22-23(29)27(20-10-6-4-7-11-20)25(31)28(24(22)30)21-12-8-5-9-13-21/h4-17H,1-3H3. The van der Waals surface area contributed by atoms with Gasteiger partial charge in [-0.25, -0.2) is 14.6 Å². The van der Waals surface area contributed by atoms with Gasteiger partial charge in [-0.05, 0) is 62.7 Å². The van der Waals surface area contributed by atoms with Crippen LogP contribution in [0.3, 0.4) is 0 Å². The normalized spacial score (nSPS) is 14.6. The number of imide groups is 2. The van der Waals surface area contributed by atoms with Crippen LogP contribution >= 0.6 is 0 Å². The summed E-state index contributed by atoms with van der Waals surface area (Å²) in [6, 6.07) is 18.7. The van der Waals surface area contributed by atoms with Crippen molar-refractivity contribution in [2.45, 2.75) is 26.8 Å². The molecule has 0 aliphatic carbocycles. The van der Waals surface area contributed by atoms with Crippen molar-refractivity contribution < 1.29 is 14.4 Å². The van der Waals surface area contributed by atoms with Crippen molar-refractivity contribution in [2.75, 3.05) is 9.80 Å². The summed E-state index contributed by atoms with van der Waals surface area (Å²) < 4.78 is 2.07. The first-order valence-electron chi connectivity index (χ1n) is 10.1. The van der Waals surface area contributed by atoms with Crippen LogP contribution in [0.25, 0.3) is 6.08 Å². The van der Waals surface area contributed by atoms with Crippen molar-refractivity contribution in [1.29, 1.82) is 0 Å². The van der Waals surface area contributed by atoms with Gasteiger partial charge in [0, 0.05) is 17.9 Å². The Bertz CT molecular complexity index is 1110. The minimum Gasteiger partial charge on any atom is -0.349 e. The van der Waals surface area contributed by atoms with Gasteiger partial charge in [-0.2, -0.15) is 0 Å². The molecule has 0 unspecified atom stereocenters. The fourth-order valence-corrected chi connectivity index (χ4v) is 3.76. The van der Waals surface area contributed by atoms with E-state index in [0.717, 1.165) is 21.1 Å². The summed E-state index contributed by atoms with van der Waals surface area (Å²) in [7, 11) is 0. The van der Waals surface area contributed by atoms with E-state index < -0.39 is 17.8 Å². The van der Waals surface area contributed by atoms with Gasteiger partial charge in [0.15, 0.2) is 0 Å². The van der Waals surface area contributed by atoms with Crippen molar-refractivity contribution in [3.8, 4) is 0 Å². The van der Waals surface area contributed by atoms with Crippen LogP contribution in [-0.2, 0) is 9.59 Å². The van der Waals surface area contributed by atoms with Crippen LogP contribution in [0.15, 0.2) is 78.5 Å². The van der Waals surface area contributed by atoms with E-state index in [1.807, 2.05) is 19.2 Å². The lowest BCUT2D eigenvalue weighted by atomic mass is 10.1. The largest absolute Gasteiger partial charge is 0.349 e. The van der Waals surface area contributed by atoms with Gasteiger partial charge >= 0.3 is 6.03 Å². The van der Waals surface area contributed by atoms with E-state index in [0.29, 0.717) is 11.4 Å². The quantitative estimate of drug-likeness (QED) is 0.449. The first-order chi connectivity index (χ1) is 14.9. The first kappa shape index (κ1) is 20.3. The molecule has 0 atom stereocenters. The Morgan fingerprint density at radius 3 is 1.68 bits per heavy atom. The topological polar surface area (TPSA) is 62.6 Å². The van der Waals surface area contributed by atoms with Crippen LogP contribution < -0.4 is 9.80 Å². The summed E-state index contributed by atoms with van der Waals surface area (Å²) in [5, 5.41) is 0. The van der Waals surface area contributed by atoms with Crippen LogP contribution in [0.2, 0.25) is 0 Å². The number of nitrogens with zero attached hydrogens (tertiary/aromatic N) is 3. The molecule has 0 spiro atoms. The number of carbonyl (C=O) groups excluding carboxylic acids is 3. The Hall–Kier alpha value is -3.93. The minimum absolute atomic E-state index is 0.0618. The molecular formula is C25H23N3O3. The smallest absolute Gasteiger partial charge is 0.343 e. The molecule has 1 aliphatic heterocycles. The van der Waals surface area contributed by atoms with Gasteiger partial charge in [0.2, 0.25) is 0 Å². The highest BCUT2D eigenvalue weighted by atomic mass is 16.2. The number of hydrogen-bond acceptors (Lipinski definition) is 3. The number of aryl methyl sites for hydroxylation is 1. The number of benzene rings is 2. The van der Waals surface area contributed by atoms with Crippen molar-refractivity contribution >= 4 is 35.3 Å². The van der Waals surface area contributed by atoms with Gasteiger partial charge in [0.05, 0.1) is 11.4 Å². The first-order valence-corrected chi connectivity index (χ1v) is 10.1. The lowest BCUT2D eigenvalue weighted by molar-refractivity contribution is -0.121. The number of para-hydroxylation sites is 2. The van der Waals surface area contributed by atoms with Crippen molar-refractivity contribution in [3.05, 3.63) is 89.8 Å². The number of urea groups is 1. The average molecular weight is 413 g/mol. The molecule has 0 saturated carbocycles. The van der Waals surface area contributed by atoms with Crippen LogP contribution in [0.5, 0.6) is 0 Å². The number of carbonyl (C=O) groups is 3. The predicted octanol–water partition coefficient (Wildman–Crippen LogP) is 4.96. The Kier molecular flexibility index (Phi) is 5.29. The minimum atomic E-state index is -0.694. The number of anilines is 2. The molecule has 1 aromatic heterocycles. The molecule has 2 heterocycles. The van der Waals surface area contributed by atoms with Crippen molar-refractivity contribution in [2.24, 2.45) is 0 Å². The number of aromatic nitrogens is 1. The summed E-state index contributed by atoms with van der Waals surface area (Å²) in [5.41, 5.74) is 2.51. The fraction of sp³-hybridized carbons (Fsp3) is 0.160. The molecule has 0 bridgehead atoms. The van der Waals surface area contributed by atoms with E-state index >= 15 is 0 Å². The lowest BCUT2D eigenvalue weighted by Gasteiger charge is -2.33. The van der Waals surface area contributed by atoms with Gasteiger partial charge in [-0.3, -0.25) is 9.59 Å². The maximum absolute atomic E-state index is 13.3. The Morgan fingerprint density at radius 2 is 1.26 bits per heavy atom. The maximum Gasteiger partial charge on any atom is 0.343 e. The van der Waals surface area contributed by atoms with E-state index in [2.05, 4.69) is 18.4 Å². The zero-order valence-electron chi connectivity index (χ0n) is 17.6. The van der Waals surface area contributed by atoms with Gasteiger partial charge < -0.3 is 4.57 Å². The molecule has 156 valence electrons. The van der Waals surface area contributed by atoms with Crippen LogP contribution in [-0.4, -0.2) is 22.4 Å². The Balaban J connectivity index is 1.85. The number of rotatable bonds is 4. The van der Waals surface area contributed by atoms with E-state index in [1.165, 1.54) is 0 Å². The van der Waals surface area contributed by atoms with Crippen molar-refractivity contribution in [3.63, 3.8) is 0 Å². The summed E-state index contributed by atoms with van der Waals surface area (Å²) in [6.07, 6.45) is 3.47. The van der Waals surface area contributed by atoms with E-state index in [-0.39, 0.29) is 11.6 Å². The van der Waals surface area contributed by atoms with Crippen LogP contribution in [0.1, 0.15) is 31.1 Å². The van der Waals surface area contributed by atoms with Crippen molar-refractivity contribution in [1.82, 2.24) is 4.57 Å². The summed E-state index contributed by atoms with van der Waals surface area (Å²) in [6.45, 7) is 6.10. The number of hydrogen-bond donors (Lipinski definition) is 0. The predicted molar refractivity (Wildman–Crippen MR) is 121 cm³/mol. The summed E-state index contributed by atoms with van der Waals surface area (Å²) >= 11 is 0. The molecule has 3 aromatic rings. The molecule has 4 rings (SSSR count). The molecule has 1 aliphatic rings. The zero-order valence-corrected chi connectivity index (χ0v) is 17.6. The molecule has 0 radical (unpaired) electrons. The van der Waals surface area contributed by atoms with E-state index in [9.17, 15) is 14.4 Å². The third-order valence-corrected chi connectivity index (χ3v) is 5.22. The highest BCUT2D eigenvalue weighted by molar-refractivity contribution is 6.46.